The summed E-state index contributed by atoms with van der Waals surface area (Å²) in [5.41, 5.74) is 2.15. The number of carbonyl (C=O) groups is 1. The van der Waals surface area contributed by atoms with Crippen LogP contribution in [0.2, 0.25) is 0 Å². The minimum absolute atomic E-state index is 0.0578. The summed E-state index contributed by atoms with van der Waals surface area (Å²) < 4.78 is 14.5. The van der Waals surface area contributed by atoms with E-state index >= 15 is 0 Å². The van der Waals surface area contributed by atoms with Crippen molar-refractivity contribution in [1.82, 2.24) is 4.90 Å². The largest absolute Gasteiger partial charge is 0.369 e. The van der Waals surface area contributed by atoms with Crippen LogP contribution in [0.25, 0.3) is 10.1 Å². The summed E-state index contributed by atoms with van der Waals surface area (Å²) in [6, 6.07) is 11.8. The van der Waals surface area contributed by atoms with Crippen molar-refractivity contribution in [2.45, 2.75) is 12.7 Å². The molecule has 152 valence electrons. The lowest BCUT2D eigenvalue weighted by Crippen LogP contribution is -2.46. The highest BCUT2D eigenvalue weighted by Crippen LogP contribution is 2.28. The van der Waals surface area contributed by atoms with E-state index in [9.17, 15) is 19.4 Å². The minimum Gasteiger partial charge on any atom is -0.369 e. The number of aliphatic hydroxyl groups is 2. The Bertz CT molecular complexity index is 995. The van der Waals surface area contributed by atoms with Gasteiger partial charge in [-0.25, -0.2) is 4.39 Å². The SMILES string of the molecule is O=C(CCN1CCN(c2ccc(C(O)O)cc2)CC1)c1csc2ccc(F)cc12. The number of thiophene rings is 1. The standard InChI is InChI=1S/C22H23FN2O3S/c23-16-3-6-21-18(13-16)19(14-29-21)20(26)7-8-24-9-11-25(12-10-24)17-4-1-15(2-5-17)22(27)28/h1-6,13-14,22,27-28H,7-12H2. The molecule has 0 radical (unpaired) electrons. The van der Waals surface area contributed by atoms with Crippen molar-refractivity contribution in [3.8, 4) is 0 Å². The van der Waals surface area contributed by atoms with Gasteiger partial charge in [0.1, 0.15) is 5.82 Å². The summed E-state index contributed by atoms with van der Waals surface area (Å²) in [5, 5.41) is 20.9. The van der Waals surface area contributed by atoms with Crippen LogP contribution in [0.1, 0.15) is 28.6 Å². The third-order valence-electron chi connectivity index (χ3n) is 5.42. The Labute approximate surface area is 172 Å². The van der Waals surface area contributed by atoms with Crippen LogP contribution in [0.15, 0.2) is 47.8 Å². The van der Waals surface area contributed by atoms with Crippen LogP contribution in [0.3, 0.4) is 0 Å². The molecule has 0 bridgehead atoms. The van der Waals surface area contributed by atoms with E-state index in [1.807, 2.05) is 17.5 Å². The van der Waals surface area contributed by atoms with Gasteiger partial charge < -0.3 is 15.1 Å². The number of hydrogen-bond donors (Lipinski definition) is 2. The molecule has 2 N–H and O–H groups in total. The molecule has 0 saturated carbocycles. The van der Waals surface area contributed by atoms with Crippen molar-refractivity contribution in [3.63, 3.8) is 0 Å². The van der Waals surface area contributed by atoms with Gasteiger partial charge in [0.25, 0.3) is 0 Å². The topological polar surface area (TPSA) is 64.0 Å². The molecule has 0 spiro atoms. The zero-order chi connectivity index (χ0) is 20.4. The van der Waals surface area contributed by atoms with Crippen LogP contribution >= 0.6 is 11.3 Å². The molecule has 1 aromatic heterocycles. The molecule has 1 aliphatic rings. The molecule has 1 saturated heterocycles. The van der Waals surface area contributed by atoms with Crippen LogP contribution in [-0.4, -0.2) is 53.6 Å². The number of hydrogen-bond acceptors (Lipinski definition) is 6. The van der Waals surface area contributed by atoms with E-state index < -0.39 is 6.29 Å². The molecule has 0 amide bonds. The Morgan fingerprint density at radius 1 is 1.07 bits per heavy atom. The van der Waals surface area contributed by atoms with Gasteiger partial charge in [0.05, 0.1) is 0 Å². The Hall–Kier alpha value is -2.32. The maximum atomic E-state index is 13.5. The highest BCUT2D eigenvalue weighted by Gasteiger charge is 2.19. The lowest BCUT2D eigenvalue weighted by Gasteiger charge is -2.36. The average Bonchev–Trinajstić information content (AvgIpc) is 3.15. The summed E-state index contributed by atoms with van der Waals surface area (Å²) in [5.74, 6) is -0.259. The molecular weight excluding hydrogens is 391 g/mol. The number of nitrogens with zero attached hydrogens (tertiary/aromatic N) is 2. The van der Waals surface area contributed by atoms with Gasteiger partial charge in [-0.2, -0.15) is 0 Å². The number of rotatable bonds is 6. The minimum atomic E-state index is -1.45. The quantitative estimate of drug-likeness (QED) is 0.478. The monoisotopic (exact) mass is 414 g/mol. The summed E-state index contributed by atoms with van der Waals surface area (Å²) in [6.45, 7) is 4.10. The Morgan fingerprint density at radius 2 is 1.79 bits per heavy atom. The smallest absolute Gasteiger partial charge is 0.178 e. The van der Waals surface area contributed by atoms with E-state index in [2.05, 4.69) is 9.80 Å². The van der Waals surface area contributed by atoms with Gasteiger partial charge >= 0.3 is 0 Å². The second kappa shape index (κ2) is 8.59. The van der Waals surface area contributed by atoms with E-state index in [4.69, 9.17) is 0 Å². The molecule has 29 heavy (non-hydrogen) atoms. The Kier molecular flexibility index (Phi) is 5.91. The highest BCUT2D eigenvalue weighted by molar-refractivity contribution is 7.17. The summed E-state index contributed by atoms with van der Waals surface area (Å²) in [6.07, 6.45) is -1.03. The van der Waals surface area contributed by atoms with Gasteiger partial charge in [-0.15, -0.1) is 11.3 Å². The van der Waals surface area contributed by atoms with Gasteiger partial charge in [0, 0.05) is 71.4 Å². The number of Topliss-reactive ketones (excluding diaryl/α,β-unsaturated/α-hetero) is 1. The number of aliphatic hydroxyl groups excluding tert-OH is 1. The highest BCUT2D eigenvalue weighted by atomic mass is 32.1. The van der Waals surface area contributed by atoms with Gasteiger partial charge in [-0.05, 0) is 30.3 Å². The van der Waals surface area contributed by atoms with Crippen molar-refractivity contribution in [1.29, 1.82) is 0 Å². The molecule has 1 aliphatic heterocycles. The van der Waals surface area contributed by atoms with Crippen LogP contribution in [0.5, 0.6) is 0 Å². The van der Waals surface area contributed by atoms with Crippen molar-refractivity contribution in [2.24, 2.45) is 0 Å². The molecule has 5 nitrogen and oxygen atoms in total. The fourth-order valence-corrected chi connectivity index (χ4v) is 4.64. The van der Waals surface area contributed by atoms with E-state index in [1.54, 1.807) is 18.2 Å². The number of benzene rings is 2. The zero-order valence-corrected chi connectivity index (χ0v) is 16.7. The normalized spacial score (nSPS) is 15.4. The molecule has 4 rings (SSSR count). The lowest BCUT2D eigenvalue weighted by molar-refractivity contribution is -0.0424. The van der Waals surface area contributed by atoms with Crippen molar-refractivity contribution < 1.29 is 19.4 Å². The third-order valence-corrected chi connectivity index (χ3v) is 6.38. The summed E-state index contributed by atoms with van der Waals surface area (Å²) in [4.78, 5) is 17.2. The van der Waals surface area contributed by atoms with Crippen LogP contribution in [-0.2, 0) is 0 Å². The predicted octanol–water partition coefficient (Wildman–Crippen LogP) is 3.42. The number of fused-ring (bicyclic) bond motifs is 1. The molecule has 2 aromatic carbocycles. The number of halogens is 1. The van der Waals surface area contributed by atoms with Gasteiger partial charge in [0.2, 0.25) is 0 Å². The number of ketones is 1. The van der Waals surface area contributed by atoms with Crippen molar-refractivity contribution in [2.75, 3.05) is 37.6 Å². The first-order valence-corrected chi connectivity index (χ1v) is 10.5. The molecule has 0 aliphatic carbocycles. The van der Waals surface area contributed by atoms with E-state index in [-0.39, 0.29) is 11.6 Å². The number of anilines is 1. The Balaban J connectivity index is 1.30. The first-order valence-electron chi connectivity index (χ1n) is 9.64. The summed E-state index contributed by atoms with van der Waals surface area (Å²) in [7, 11) is 0. The van der Waals surface area contributed by atoms with Crippen LogP contribution in [0, 0.1) is 5.82 Å². The summed E-state index contributed by atoms with van der Waals surface area (Å²) >= 11 is 1.47. The predicted molar refractivity (Wildman–Crippen MR) is 113 cm³/mol. The first kappa shape index (κ1) is 20.0. The second-order valence-electron chi connectivity index (χ2n) is 7.26. The van der Waals surface area contributed by atoms with Gasteiger partial charge in [-0.3, -0.25) is 9.69 Å². The zero-order valence-electron chi connectivity index (χ0n) is 15.9. The third kappa shape index (κ3) is 4.48. The molecular formula is C22H23FN2O3S. The maximum absolute atomic E-state index is 13.5. The van der Waals surface area contributed by atoms with Crippen LogP contribution in [0.4, 0.5) is 10.1 Å². The van der Waals surface area contributed by atoms with E-state index in [0.717, 1.165) is 36.6 Å². The number of piperazine rings is 1. The molecule has 1 fully saturated rings. The molecule has 7 heteroatoms. The second-order valence-corrected chi connectivity index (χ2v) is 8.17. The van der Waals surface area contributed by atoms with Crippen LogP contribution < -0.4 is 4.90 Å². The Morgan fingerprint density at radius 3 is 2.48 bits per heavy atom. The first-order chi connectivity index (χ1) is 14.0. The molecule has 0 unspecified atom stereocenters. The average molecular weight is 415 g/mol. The number of carbonyl (C=O) groups excluding carboxylic acids is 1. The lowest BCUT2D eigenvalue weighted by atomic mass is 10.1. The molecule has 2 heterocycles. The molecule has 3 aromatic rings. The fraction of sp³-hybridized carbons (Fsp3) is 0.318. The van der Waals surface area contributed by atoms with Crippen molar-refractivity contribution >= 4 is 32.9 Å². The van der Waals surface area contributed by atoms with E-state index in [1.165, 1.54) is 23.5 Å². The van der Waals surface area contributed by atoms with Gasteiger partial charge in [0.15, 0.2) is 12.1 Å². The fourth-order valence-electron chi connectivity index (χ4n) is 3.70. The van der Waals surface area contributed by atoms with Gasteiger partial charge in [-0.1, -0.05) is 12.1 Å². The molecule has 0 atom stereocenters. The van der Waals surface area contributed by atoms with Crippen molar-refractivity contribution in [3.05, 3.63) is 64.8 Å². The van der Waals surface area contributed by atoms with E-state index in [0.29, 0.717) is 29.5 Å². The maximum Gasteiger partial charge on any atom is 0.178 e.